The zero-order valence-electron chi connectivity index (χ0n) is 22.1. The van der Waals surface area contributed by atoms with Crippen molar-refractivity contribution in [2.45, 2.75) is 5.75 Å². The van der Waals surface area contributed by atoms with Gasteiger partial charge in [-0.25, -0.2) is 0 Å². The van der Waals surface area contributed by atoms with Crippen molar-refractivity contribution in [2.75, 3.05) is 31.1 Å². The van der Waals surface area contributed by atoms with Crippen LogP contribution in [0.2, 0.25) is 0 Å². The van der Waals surface area contributed by atoms with Gasteiger partial charge in [0.2, 0.25) is 0 Å². The Labute approximate surface area is 241 Å². The summed E-state index contributed by atoms with van der Waals surface area (Å²) in [6, 6.07) is 19.7. The Morgan fingerprint density at radius 2 is 1.51 bits per heavy atom. The van der Waals surface area contributed by atoms with E-state index in [1.165, 1.54) is 18.5 Å². The van der Waals surface area contributed by atoms with Crippen LogP contribution in [-0.2, 0) is 17.1 Å². The Hall–Kier alpha value is -4.85. The van der Waals surface area contributed by atoms with Crippen molar-refractivity contribution in [2.24, 2.45) is 0 Å². The van der Waals surface area contributed by atoms with E-state index in [1.807, 2.05) is 42.5 Å². The fourth-order valence-corrected chi connectivity index (χ4v) is 5.26. The molecule has 1 atom stereocenters. The SMILES string of the molecule is O=C(N[S+]([O-])Cc1ccccc1)c1ccc(N2CCN(C(=O)c3cncc(C#Cc4cncc(O)c4)c3)CC2)cc1. The van der Waals surface area contributed by atoms with E-state index < -0.39 is 11.4 Å². The molecular weight excluding hydrogens is 538 g/mol. The molecule has 0 radical (unpaired) electrons. The summed E-state index contributed by atoms with van der Waals surface area (Å²) in [7, 11) is 0. The maximum Gasteiger partial charge on any atom is 0.292 e. The first kappa shape index (κ1) is 27.7. The van der Waals surface area contributed by atoms with Gasteiger partial charge >= 0.3 is 0 Å². The second kappa shape index (κ2) is 13.0. The number of aromatic hydroxyl groups is 1. The normalized spacial score (nSPS) is 13.6. The fourth-order valence-electron chi connectivity index (χ4n) is 4.36. The van der Waals surface area contributed by atoms with Crippen LogP contribution in [0.1, 0.15) is 37.4 Å². The molecule has 0 spiro atoms. The number of amides is 2. The van der Waals surface area contributed by atoms with E-state index in [2.05, 4.69) is 31.4 Å². The maximum absolute atomic E-state index is 13.1. The number of nitrogens with zero attached hydrogens (tertiary/aromatic N) is 4. The average molecular weight is 566 g/mol. The van der Waals surface area contributed by atoms with Gasteiger partial charge in [0.05, 0.1) is 23.1 Å². The summed E-state index contributed by atoms with van der Waals surface area (Å²) in [4.78, 5) is 37.7. The van der Waals surface area contributed by atoms with Gasteiger partial charge in [-0.05, 0) is 36.4 Å². The van der Waals surface area contributed by atoms with Gasteiger partial charge in [0.1, 0.15) is 5.75 Å². The molecule has 1 aliphatic rings. The van der Waals surface area contributed by atoms with Gasteiger partial charge < -0.3 is 19.5 Å². The van der Waals surface area contributed by atoms with Crippen molar-refractivity contribution in [3.63, 3.8) is 0 Å². The van der Waals surface area contributed by atoms with Gasteiger partial charge in [0.15, 0.2) is 5.75 Å². The average Bonchev–Trinajstić information content (AvgIpc) is 3.00. The van der Waals surface area contributed by atoms with Crippen LogP contribution in [-0.4, -0.2) is 62.5 Å². The van der Waals surface area contributed by atoms with Gasteiger partial charge in [0, 0.05) is 72.7 Å². The number of hydrogen-bond donors (Lipinski definition) is 2. The molecule has 2 N–H and O–H groups in total. The van der Waals surface area contributed by atoms with Crippen molar-refractivity contribution in [3.8, 4) is 17.6 Å². The number of carbonyl (C=O) groups excluding carboxylic acids is 2. The highest BCUT2D eigenvalue weighted by atomic mass is 32.2. The number of anilines is 1. The molecule has 2 aromatic carbocycles. The number of benzene rings is 2. The molecule has 1 saturated heterocycles. The van der Waals surface area contributed by atoms with Crippen LogP contribution in [0.3, 0.4) is 0 Å². The molecule has 0 aliphatic carbocycles. The maximum atomic E-state index is 13.1. The Kier molecular flexibility index (Phi) is 8.79. The lowest BCUT2D eigenvalue weighted by Gasteiger charge is -2.36. The molecule has 2 amide bonds. The Bertz CT molecular complexity index is 1580. The van der Waals surface area contributed by atoms with Crippen molar-refractivity contribution < 1.29 is 19.2 Å². The molecule has 1 aliphatic heterocycles. The molecule has 1 fully saturated rings. The van der Waals surface area contributed by atoms with Gasteiger partial charge in [0.25, 0.3) is 11.8 Å². The van der Waals surface area contributed by atoms with E-state index in [0.717, 1.165) is 11.3 Å². The second-order valence-corrected chi connectivity index (χ2v) is 10.6. The molecule has 0 saturated carbocycles. The molecule has 0 bridgehead atoms. The quantitative estimate of drug-likeness (QED) is 0.272. The van der Waals surface area contributed by atoms with E-state index in [0.29, 0.717) is 48.4 Å². The summed E-state index contributed by atoms with van der Waals surface area (Å²) in [6.07, 6.45) is 6.00. The zero-order valence-corrected chi connectivity index (χ0v) is 22.9. The van der Waals surface area contributed by atoms with Crippen LogP contribution in [0.4, 0.5) is 5.69 Å². The van der Waals surface area contributed by atoms with Crippen molar-refractivity contribution >= 4 is 28.9 Å². The molecule has 4 aromatic rings. The third-order valence-corrected chi connectivity index (χ3v) is 7.48. The highest BCUT2D eigenvalue weighted by Crippen LogP contribution is 2.19. The predicted octanol–water partition coefficient (Wildman–Crippen LogP) is 3.14. The molecule has 3 heterocycles. The van der Waals surface area contributed by atoms with Crippen molar-refractivity contribution in [1.29, 1.82) is 0 Å². The lowest BCUT2D eigenvalue weighted by molar-refractivity contribution is 0.0746. The van der Waals surface area contributed by atoms with Crippen LogP contribution >= 0.6 is 0 Å². The summed E-state index contributed by atoms with van der Waals surface area (Å²) < 4.78 is 14.9. The van der Waals surface area contributed by atoms with Gasteiger partial charge in [-0.15, -0.1) is 0 Å². The smallest absolute Gasteiger partial charge is 0.292 e. The van der Waals surface area contributed by atoms with E-state index in [4.69, 9.17) is 0 Å². The summed E-state index contributed by atoms with van der Waals surface area (Å²) in [5, 5.41) is 9.54. The lowest BCUT2D eigenvalue weighted by Crippen LogP contribution is -2.48. The van der Waals surface area contributed by atoms with Gasteiger partial charge in [-0.2, -0.15) is 4.72 Å². The van der Waals surface area contributed by atoms with Gasteiger partial charge in [-0.1, -0.05) is 42.2 Å². The molecule has 9 nitrogen and oxygen atoms in total. The fraction of sp³-hybridized carbons (Fsp3) is 0.161. The standard InChI is InChI=1S/C31H27N5O4S/c37-29-17-25(19-33-21-29)7-6-24-16-27(20-32-18-24)31(39)36-14-12-35(13-15-36)28-10-8-26(9-11-28)30(38)34-41(40)22-23-4-2-1-3-5-23/h1-5,8-11,16-21,37H,12-15,22H2,(H,34,38). The summed E-state index contributed by atoms with van der Waals surface area (Å²) in [5.41, 5.74) is 3.87. The third-order valence-electron chi connectivity index (χ3n) is 6.47. The number of pyridine rings is 2. The minimum Gasteiger partial charge on any atom is -0.593 e. The molecular formula is C31H27N5O4S. The lowest BCUT2D eigenvalue weighted by atomic mass is 10.1. The molecule has 206 valence electrons. The first-order valence-corrected chi connectivity index (χ1v) is 14.3. The minimum atomic E-state index is -1.52. The van der Waals surface area contributed by atoms with Crippen molar-refractivity contribution in [1.82, 2.24) is 19.6 Å². The summed E-state index contributed by atoms with van der Waals surface area (Å²) in [5.74, 6) is 5.66. The third kappa shape index (κ3) is 7.42. The van der Waals surface area contributed by atoms with Crippen LogP contribution in [0.15, 0.2) is 91.5 Å². The van der Waals surface area contributed by atoms with Crippen LogP contribution in [0.5, 0.6) is 5.75 Å². The molecule has 1 unspecified atom stereocenters. The number of nitrogens with one attached hydrogen (secondary N) is 1. The zero-order chi connectivity index (χ0) is 28.6. The highest BCUT2D eigenvalue weighted by Gasteiger charge is 2.23. The topological polar surface area (TPSA) is 122 Å². The van der Waals surface area contributed by atoms with E-state index in [1.54, 1.807) is 35.5 Å². The molecule has 10 heteroatoms. The monoisotopic (exact) mass is 565 g/mol. The Morgan fingerprint density at radius 1 is 0.854 bits per heavy atom. The van der Waals surface area contributed by atoms with E-state index in [9.17, 15) is 19.2 Å². The molecule has 5 rings (SSSR count). The Morgan fingerprint density at radius 3 is 2.20 bits per heavy atom. The number of piperazine rings is 1. The van der Waals surface area contributed by atoms with Crippen LogP contribution < -0.4 is 9.62 Å². The number of hydrogen-bond acceptors (Lipinski definition) is 7. The highest BCUT2D eigenvalue weighted by molar-refractivity contribution is 7.89. The summed E-state index contributed by atoms with van der Waals surface area (Å²) >= 11 is -1.52. The van der Waals surface area contributed by atoms with Crippen LogP contribution in [0.25, 0.3) is 0 Å². The van der Waals surface area contributed by atoms with Crippen molar-refractivity contribution in [3.05, 3.63) is 119 Å². The summed E-state index contributed by atoms with van der Waals surface area (Å²) in [6.45, 7) is 2.33. The number of rotatable bonds is 6. The van der Waals surface area contributed by atoms with Crippen LogP contribution in [0, 0.1) is 11.8 Å². The molecule has 41 heavy (non-hydrogen) atoms. The number of carbonyl (C=O) groups is 2. The Balaban J connectivity index is 1.14. The van der Waals surface area contributed by atoms with E-state index >= 15 is 0 Å². The molecule has 2 aromatic heterocycles. The van der Waals surface area contributed by atoms with Gasteiger partial charge in [-0.3, -0.25) is 19.6 Å². The second-order valence-electron chi connectivity index (χ2n) is 9.38. The minimum absolute atomic E-state index is 0.0339. The number of aromatic nitrogens is 2. The first-order chi connectivity index (χ1) is 19.9. The first-order valence-electron chi connectivity index (χ1n) is 12.9. The van der Waals surface area contributed by atoms with E-state index in [-0.39, 0.29) is 23.3 Å². The predicted molar refractivity (Wildman–Crippen MR) is 156 cm³/mol. The largest absolute Gasteiger partial charge is 0.593 e.